The van der Waals surface area contributed by atoms with Crippen LogP contribution >= 0.6 is 0 Å². The topological polar surface area (TPSA) is 66.8 Å². The van der Waals surface area contributed by atoms with E-state index in [1.165, 1.54) is 19.3 Å². The Morgan fingerprint density at radius 2 is 1.57 bits per heavy atom. The summed E-state index contributed by atoms with van der Waals surface area (Å²) in [5.41, 5.74) is 2.26. The zero-order valence-electron chi connectivity index (χ0n) is 19.3. The van der Waals surface area contributed by atoms with Gasteiger partial charge in [-0.2, -0.15) is 0 Å². The van der Waals surface area contributed by atoms with Crippen molar-refractivity contribution >= 4 is 6.47 Å². The molecule has 1 aromatic rings. The van der Waals surface area contributed by atoms with Crippen molar-refractivity contribution in [2.45, 2.75) is 116 Å². The van der Waals surface area contributed by atoms with Crippen molar-refractivity contribution in [1.82, 2.24) is 0 Å². The molecule has 1 aliphatic carbocycles. The molecule has 2 N–H and O–H groups in total. The molecule has 30 heavy (non-hydrogen) atoms. The first-order chi connectivity index (χ1) is 14.2. The molecule has 0 spiro atoms. The molecule has 0 bridgehead atoms. The van der Waals surface area contributed by atoms with Crippen LogP contribution in [0.4, 0.5) is 0 Å². The Bertz CT molecular complexity index is 656. The van der Waals surface area contributed by atoms with Gasteiger partial charge in [0, 0.05) is 0 Å². The van der Waals surface area contributed by atoms with Gasteiger partial charge in [0.25, 0.3) is 6.47 Å². The third-order valence-corrected chi connectivity index (χ3v) is 6.31. The highest BCUT2D eigenvalue weighted by Gasteiger charge is 2.44. The molecule has 0 radical (unpaired) electrons. The van der Waals surface area contributed by atoms with Gasteiger partial charge in [-0.3, -0.25) is 4.79 Å². The molecular weight excluding hydrogens is 376 g/mol. The molecule has 4 heteroatoms. The Morgan fingerprint density at radius 3 is 2.20 bits per heavy atom. The van der Waals surface area contributed by atoms with Crippen molar-refractivity contribution < 1.29 is 19.7 Å². The van der Waals surface area contributed by atoms with Crippen LogP contribution in [0.25, 0.3) is 0 Å². The molecule has 1 aliphatic rings. The predicted molar refractivity (Wildman–Crippen MR) is 122 cm³/mol. The van der Waals surface area contributed by atoms with Crippen LogP contribution in [0.15, 0.2) is 12.1 Å². The van der Waals surface area contributed by atoms with Crippen LogP contribution in [0.5, 0.6) is 11.5 Å². The minimum absolute atomic E-state index is 0.0110. The summed E-state index contributed by atoms with van der Waals surface area (Å²) in [6.45, 7) is 7.44. The number of aryl methyl sites for hydroxylation is 2. The molecule has 4 nitrogen and oxygen atoms in total. The summed E-state index contributed by atoms with van der Waals surface area (Å²) in [5, 5.41) is 20.3. The van der Waals surface area contributed by atoms with Gasteiger partial charge in [-0.1, -0.05) is 58.9 Å². The second kappa shape index (κ2) is 11.6. The van der Waals surface area contributed by atoms with Crippen molar-refractivity contribution in [2.75, 3.05) is 0 Å². The first-order valence-corrected chi connectivity index (χ1v) is 11.9. The van der Waals surface area contributed by atoms with Crippen LogP contribution in [-0.2, 0) is 22.4 Å². The normalized spacial score (nSPS) is 15.2. The Kier molecular flexibility index (Phi) is 9.51. The quantitative estimate of drug-likeness (QED) is 0.186. The Labute approximate surface area is 183 Å². The number of phenols is 2. The Balaban J connectivity index is 1.66. The molecule has 2 rings (SSSR count). The number of rotatable bonds is 15. The number of phenolic OH excluding ortho intramolecular Hbond substituents is 2. The first kappa shape index (κ1) is 24.6. The van der Waals surface area contributed by atoms with Gasteiger partial charge in [-0.25, -0.2) is 0 Å². The van der Waals surface area contributed by atoms with Gasteiger partial charge in [0.15, 0.2) is 11.5 Å². The molecule has 1 fully saturated rings. The lowest BCUT2D eigenvalue weighted by molar-refractivity contribution is -0.135. The van der Waals surface area contributed by atoms with Crippen LogP contribution in [0.1, 0.15) is 109 Å². The third kappa shape index (κ3) is 8.97. The molecule has 0 heterocycles. The fraction of sp³-hybridized carbons (Fsp3) is 0.731. The summed E-state index contributed by atoms with van der Waals surface area (Å²) in [4.78, 5) is 10.5. The largest absolute Gasteiger partial charge is 0.504 e. The second-order valence-corrected chi connectivity index (χ2v) is 10.4. The number of ether oxygens (including phenoxy) is 1. The van der Waals surface area contributed by atoms with E-state index in [0.717, 1.165) is 81.8 Å². The van der Waals surface area contributed by atoms with E-state index < -0.39 is 0 Å². The van der Waals surface area contributed by atoms with Crippen molar-refractivity contribution in [3.63, 3.8) is 0 Å². The number of unbranched alkanes of at least 4 members (excludes halogenated alkanes) is 6. The lowest BCUT2D eigenvalue weighted by Crippen LogP contribution is -2.12. The molecule has 1 saturated carbocycles. The molecule has 0 atom stereocenters. The zero-order chi connectivity index (χ0) is 22.0. The average Bonchev–Trinajstić information content (AvgIpc) is 3.43. The number of hydrogen-bond acceptors (Lipinski definition) is 4. The molecule has 0 amide bonds. The predicted octanol–water partition coefficient (Wildman–Crippen LogP) is 6.84. The lowest BCUT2D eigenvalue weighted by Gasteiger charge is -2.17. The van der Waals surface area contributed by atoms with Crippen LogP contribution in [0, 0.1) is 5.41 Å². The number of carbonyl (C=O) groups excluding carboxylic acids is 1. The van der Waals surface area contributed by atoms with Gasteiger partial charge in [-0.15, -0.1) is 0 Å². The van der Waals surface area contributed by atoms with Crippen molar-refractivity contribution in [1.29, 1.82) is 0 Å². The molecule has 1 aromatic carbocycles. The minimum Gasteiger partial charge on any atom is -0.504 e. The van der Waals surface area contributed by atoms with Gasteiger partial charge >= 0.3 is 0 Å². The monoisotopic (exact) mass is 418 g/mol. The highest BCUT2D eigenvalue weighted by atomic mass is 16.5. The third-order valence-electron chi connectivity index (χ3n) is 6.31. The van der Waals surface area contributed by atoms with E-state index in [4.69, 9.17) is 4.74 Å². The second-order valence-electron chi connectivity index (χ2n) is 10.4. The minimum atomic E-state index is -0.133. The van der Waals surface area contributed by atoms with E-state index >= 15 is 0 Å². The van der Waals surface area contributed by atoms with Gasteiger partial charge in [0.2, 0.25) is 0 Å². The summed E-state index contributed by atoms with van der Waals surface area (Å²) in [6.07, 6.45) is 15.1. The highest BCUT2D eigenvalue weighted by molar-refractivity contribution is 5.47. The van der Waals surface area contributed by atoms with Gasteiger partial charge in [0.1, 0.15) is 5.60 Å². The first-order valence-electron chi connectivity index (χ1n) is 11.9. The molecule has 0 unspecified atom stereocenters. The number of aromatic hydroxyl groups is 2. The molecule has 0 saturated heterocycles. The number of hydrogen-bond donors (Lipinski definition) is 2. The number of carbonyl (C=O) groups is 1. The molecular formula is C26H42O4. The summed E-state index contributed by atoms with van der Waals surface area (Å²) in [7, 11) is 0. The SMILES string of the molecule is CC(C)(C)CCCCCCc1cc(CCCCCCC2(OC=O)CC2)cc(O)c1O. The highest BCUT2D eigenvalue weighted by Crippen LogP contribution is 2.43. The lowest BCUT2D eigenvalue weighted by atomic mass is 9.89. The fourth-order valence-electron chi connectivity index (χ4n) is 4.20. The van der Waals surface area contributed by atoms with Gasteiger partial charge in [-0.05, 0) is 80.4 Å². The number of benzene rings is 1. The fourth-order valence-corrected chi connectivity index (χ4v) is 4.20. The molecule has 0 aromatic heterocycles. The van der Waals surface area contributed by atoms with E-state index in [1.54, 1.807) is 6.07 Å². The van der Waals surface area contributed by atoms with E-state index in [9.17, 15) is 15.0 Å². The van der Waals surface area contributed by atoms with Crippen LogP contribution in [0.2, 0.25) is 0 Å². The van der Waals surface area contributed by atoms with Gasteiger partial charge in [0.05, 0.1) is 0 Å². The van der Waals surface area contributed by atoms with E-state index in [-0.39, 0.29) is 17.1 Å². The standard InChI is InChI=1S/C26H42O4/c1-25(2,3)14-10-6-5-9-13-22-18-21(19-23(28)24(22)29)12-8-4-7-11-15-26(16-17-26)30-20-27/h18-20,28-29H,4-17H2,1-3H3. The smallest absolute Gasteiger partial charge is 0.293 e. The maximum Gasteiger partial charge on any atom is 0.293 e. The summed E-state index contributed by atoms with van der Waals surface area (Å²) in [5.74, 6) is 0.0651. The van der Waals surface area contributed by atoms with Crippen LogP contribution in [-0.4, -0.2) is 22.3 Å². The summed E-state index contributed by atoms with van der Waals surface area (Å²) >= 11 is 0. The zero-order valence-corrected chi connectivity index (χ0v) is 19.3. The van der Waals surface area contributed by atoms with Gasteiger partial charge < -0.3 is 14.9 Å². The summed E-state index contributed by atoms with van der Waals surface area (Å²) < 4.78 is 5.19. The Hall–Kier alpha value is -1.71. The van der Waals surface area contributed by atoms with Crippen molar-refractivity contribution in [3.05, 3.63) is 23.3 Å². The van der Waals surface area contributed by atoms with Crippen LogP contribution < -0.4 is 0 Å². The van der Waals surface area contributed by atoms with E-state index in [2.05, 4.69) is 26.8 Å². The maximum atomic E-state index is 10.5. The average molecular weight is 419 g/mol. The Morgan fingerprint density at radius 1 is 0.933 bits per heavy atom. The van der Waals surface area contributed by atoms with E-state index in [0.29, 0.717) is 11.9 Å². The van der Waals surface area contributed by atoms with E-state index in [1.807, 2.05) is 0 Å². The maximum absolute atomic E-state index is 10.5. The van der Waals surface area contributed by atoms with Crippen LogP contribution in [0.3, 0.4) is 0 Å². The molecule has 170 valence electrons. The van der Waals surface area contributed by atoms with Crippen molar-refractivity contribution in [2.24, 2.45) is 5.41 Å². The summed E-state index contributed by atoms with van der Waals surface area (Å²) in [6, 6.07) is 3.78. The molecule has 0 aliphatic heterocycles. The van der Waals surface area contributed by atoms with Crippen molar-refractivity contribution in [3.8, 4) is 11.5 Å².